The summed E-state index contributed by atoms with van der Waals surface area (Å²) in [5.74, 6) is -1.82. The number of hydrogen-bond acceptors (Lipinski definition) is 2. The summed E-state index contributed by atoms with van der Waals surface area (Å²) in [7, 11) is 0. The van der Waals surface area contributed by atoms with Crippen LogP contribution in [0.25, 0.3) is 0 Å². The zero-order chi connectivity index (χ0) is 16.5. The maximum Gasteiger partial charge on any atom is 0.164 e. The van der Waals surface area contributed by atoms with E-state index in [0.717, 1.165) is 17.3 Å². The van der Waals surface area contributed by atoms with Crippen LogP contribution in [0.4, 0.5) is 14.5 Å². The first-order valence-corrected chi connectivity index (χ1v) is 7.85. The summed E-state index contributed by atoms with van der Waals surface area (Å²) in [4.78, 5) is 2.49. The second-order valence-corrected chi connectivity index (χ2v) is 6.98. The van der Waals surface area contributed by atoms with Crippen LogP contribution in [0.2, 0.25) is 0 Å². The maximum absolute atomic E-state index is 14.4. The highest BCUT2D eigenvalue weighted by Gasteiger charge is 2.44. The third-order valence-electron chi connectivity index (χ3n) is 4.93. The molecule has 2 aliphatic rings. The van der Waals surface area contributed by atoms with Gasteiger partial charge < -0.3 is 10.0 Å². The molecule has 0 bridgehead atoms. The summed E-state index contributed by atoms with van der Waals surface area (Å²) < 4.78 is 28.0. The van der Waals surface area contributed by atoms with Crippen molar-refractivity contribution in [1.29, 1.82) is 0 Å². The number of anilines is 1. The molecule has 1 N–H and O–H groups in total. The van der Waals surface area contributed by atoms with E-state index in [0.29, 0.717) is 16.1 Å². The molecule has 0 saturated carbocycles. The number of fused-ring (bicyclic) bond motifs is 1. The van der Waals surface area contributed by atoms with Gasteiger partial charge in [-0.05, 0) is 31.0 Å². The molecule has 0 amide bonds. The Morgan fingerprint density at radius 3 is 2.65 bits per heavy atom. The van der Waals surface area contributed by atoms with Crippen molar-refractivity contribution >= 4 is 22.9 Å². The van der Waals surface area contributed by atoms with Gasteiger partial charge in [0.25, 0.3) is 0 Å². The molecule has 1 atom stereocenters. The van der Waals surface area contributed by atoms with Crippen molar-refractivity contribution in [2.75, 3.05) is 4.90 Å². The van der Waals surface area contributed by atoms with Gasteiger partial charge in [-0.15, -0.1) is 0 Å². The first-order chi connectivity index (χ1) is 10.8. The molecule has 1 unspecified atom stereocenters. The van der Waals surface area contributed by atoms with Gasteiger partial charge >= 0.3 is 0 Å². The average molecular weight is 331 g/mol. The van der Waals surface area contributed by atoms with Crippen LogP contribution in [0, 0.1) is 11.6 Å². The van der Waals surface area contributed by atoms with Crippen molar-refractivity contribution in [3.63, 3.8) is 0 Å². The number of benzene rings is 2. The molecule has 0 radical (unpaired) electrons. The van der Waals surface area contributed by atoms with Crippen molar-refractivity contribution in [1.82, 2.24) is 0 Å². The molecule has 2 nitrogen and oxygen atoms in total. The van der Waals surface area contributed by atoms with E-state index < -0.39 is 17.7 Å². The van der Waals surface area contributed by atoms with Gasteiger partial charge in [-0.25, -0.2) is 8.78 Å². The van der Waals surface area contributed by atoms with E-state index in [1.807, 2.05) is 36.9 Å². The van der Waals surface area contributed by atoms with E-state index in [9.17, 15) is 13.9 Å². The van der Waals surface area contributed by atoms with Gasteiger partial charge in [-0.1, -0.05) is 36.5 Å². The molecule has 23 heavy (non-hydrogen) atoms. The van der Waals surface area contributed by atoms with Gasteiger partial charge in [0.1, 0.15) is 6.10 Å². The Balaban J connectivity index is 2.05. The first kappa shape index (κ1) is 14.7. The third-order valence-corrected chi connectivity index (χ3v) is 5.66. The van der Waals surface area contributed by atoms with Crippen molar-refractivity contribution in [2.45, 2.75) is 31.9 Å². The van der Waals surface area contributed by atoms with E-state index in [2.05, 4.69) is 0 Å². The van der Waals surface area contributed by atoms with Crippen LogP contribution in [-0.4, -0.2) is 10.1 Å². The number of rotatable bonds is 0. The van der Waals surface area contributed by atoms with Gasteiger partial charge in [0.2, 0.25) is 0 Å². The number of hydrogen-bond donors (Lipinski definition) is 1. The Hall–Kier alpha value is -1.85. The van der Waals surface area contributed by atoms with Crippen LogP contribution >= 0.6 is 12.2 Å². The highest BCUT2D eigenvalue weighted by atomic mass is 32.1. The van der Waals surface area contributed by atoms with Crippen LogP contribution in [0.5, 0.6) is 0 Å². The minimum absolute atomic E-state index is 0.127. The quantitative estimate of drug-likeness (QED) is 0.739. The molecule has 2 aliphatic heterocycles. The molecule has 2 aromatic rings. The van der Waals surface area contributed by atoms with Crippen LogP contribution in [0.3, 0.4) is 0 Å². The highest BCUT2D eigenvalue weighted by Crippen LogP contribution is 2.49. The molecule has 4 rings (SSSR count). The van der Waals surface area contributed by atoms with E-state index in [1.165, 1.54) is 6.07 Å². The average Bonchev–Trinajstić information content (AvgIpc) is 2.65. The smallest absolute Gasteiger partial charge is 0.164 e. The van der Waals surface area contributed by atoms with Gasteiger partial charge in [0, 0.05) is 16.5 Å². The fourth-order valence-electron chi connectivity index (χ4n) is 3.64. The summed E-state index contributed by atoms with van der Waals surface area (Å²) >= 11 is 5.61. The third kappa shape index (κ3) is 1.78. The number of thiocarbonyl (C=S) groups is 1. The lowest BCUT2D eigenvalue weighted by Gasteiger charge is -2.24. The Labute approximate surface area is 138 Å². The first-order valence-electron chi connectivity index (χ1n) is 7.44. The van der Waals surface area contributed by atoms with Crippen LogP contribution in [-0.2, 0) is 12.0 Å². The fraction of sp³-hybridized carbons (Fsp3) is 0.278. The summed E-state index contributed by atoms with van der Waals surface area (Å²) in [6, 6.07) is 8.18. The second-order valence-electron chi connectivity index (χ2n) is 6.59. The molecule has 2 aromatic carbocycles. The summed E-state index contributed by atoms with van der Waals surface area (Å²) in [6.45, 7) is 4.14. The lowest BCUT2D eigenvalue weighted by molar-refractivity contribution is 0.220. The normalized spacial score (nSPS) is 21.0. The summed E-state index contributed by atoms with van der Waals surface area (Å²) in [5, 5.41) is 10.8. The van der Waals surface area contributed by atoms with E-state index in [4.69, 9.17) is 12.2 Å². The predicted molar refractivity (Wildman–Crippen MR) is 88.7 cm³/mol. The van der Waals surface area contributed by atoms with Gasteiger partial charge in [-0.2, -0.15) is 0 Å². The van der Waals surface area contributed by atoms with Gasteiger partial charge in [-0.3, -0.25) is 0 Å². The van der Waals surface area contributed by atoms with Gasteiger partial charge in [0.05, 0.1) is 17.2 Å². The minimum atomic E-state index is -1.00. The summed E-state index contributed by atoms with van der Waals surface area (Å²) in [6.07, 6.45) is -1.00. The van der Waals surface area contributed by atoms with Gasteiger partial charge in [0.15, 0.2) is 11.6 Å². The summed E-state index contributed by atoms with van der Waals surface area (Å²) in [5.41, 5.74) is 2.69. The Kier molecular flexibility index (Phi) is 2.93. The topological polar surface area (TPSA) is 23.5 Å². The molecule has 0 fully saturated rings. The predicted octanol–water partition coefficient (Wildman–Crippen LogP) is 3.99. The lowest BCUT2D eigenvalue weighted by atomic mass is 9.84. The minimum Gasteiger partial charge on any atom is -0.384 e. The van der Waals surface area contributed by atoms with Crippen molar-refractivity contribution in [3.05, 3.63) is 64.2 Å². The monoisotopic (exact) mass is 331 g/mol. The molecule has 2 heterocycles. The number of para-hydroxylation sites is 1. The van der Waals surface area contributed by atoms with E-state index >= 15 is 0 Å². The highest BCUT2D eigenvalue weighted by molar-refractivity contribution is 7.80. The Morgan fingerprint density at radius 1 is 1.17 bits per heavy atom. The largest absolute Gasteiger partial charge is 0.384 e. The maximum atomic E-state index is 14.4. The molecule has 118 valence electrons. The molecule has 0 spiro atoms. The zero-order valence-corrected chi connectivity index (χ0v) is 13.5. The standard InChI is InChI=1S/C18H15F2NOS/c1-18(2)12-5-3-4-10-15(12)21(17(18)23)8-11-9(16(10)22)6-7-13(19)14(11)20/h3-7,16,22H,8H2,1-2H3. The Morgan fingerprint density at radius 2 is 1.91 bits per heavy atom. The molecular weight excluding hydrogens is 316 g/mol. The molecule has 0 aliphatic carbocycles. The molecule has 0 saturated heterocycles. The molecular formula is C18H15F2NOS. The van der Waals surface area contributed by atoms with Crippen LogP contribution < -0.4 is 4.90 Å². The van der Waals surface area contributed by atoms with Crippen molar-refractivity contribution in [3.8, 4) is 0 Å². The number of nitrogens with zero attached hydrogens (tertiary/aromatic N) is 1. The van der Waals surface area contributed by atoms with Crippen molar-refractivity contribution < 1.29 is 13.9 Å². The Bertz CT molecular complexity index is 862. The molecule has 5 heteroatoms. The number of aliphatic hydroxyl groups excluding tert-OH is 1. The molecule has 0 aromatic heterocycles. The van der Waals surface area contributed by atoms with E-state index in [-0.39, 0.29) is 17.5 Å². The zero-order valence-electron chi connectivity index (χ0n) is 12.7. The lowest BCUT2D eigenvalue weighted by Crippen LogP contribution is -2.34. The van der Waals surface area contributed by atoms with Crippen molar-refractivity contribution in [2.24, 2.45) is 0 Å². The van der Waals surface area contributed by atoms with Crippen LogP contribution in [0.1, 0.15) is 42.2 Å². The second kappa shape index (κ2) is 4.58. The fourth-order valence-corrected chi connectivity index (χ4v) is 3.91. The SMILES string of the molecule is CC1(C)C(=S)N2Cc3c(ccc(F)c3F)C(O)c3cccc1c32. The van der Waals surface area contributed by atoms with E-state index in [1.54, 1.807) is 0 Å². The van der Waals surface area contributed by atoms with Crippen LogP contribution in [0.15, 0.2) is 30.3 Å². The number of aliphatic hydroxyl groups is 1. The number of halogens is 2.